The summed E-state index contributed by atoms with van der Waals surface area (Å²) in [7, 11) is 0. The van der Waals surface area contributed by atoms with Crippen LogP contribution in [0.5, 0.6) is 0 Å². The summed E-state index contributed by atoms with van der Waals surface area (Å²) in [6.07, 6.45) is 97.5. The highest BCUT2D eigenvalue weighted by molar-refractivity contribution is 5.76. The number of ether oxygens (including phenoxy) is 2. The molecule has 0 radical (unpaired) electrons. The zero-order valence-electron chi connectivity index (χ0n) is 58.8. The third kappa shape index (κ3) is 57.7. The summed E-state index contributed by atoms with van der Waals surface area (Å²) < 4.78 is 11.3. The van der Waals surface area contributed by atoms with E-state index >= 15 is 0 Å². The maximum atomic E-state index is 13.2. The van der Waals surface area contributed by atoms with Gasteiger partial charge in [-0.15, -0.1) is 0 Å². The molecule has 0 aliphatic carbocycles. The van der Waals surface area contributed by atoms with Crippen LogP contribution < -0.4 is 5.32 Å². The summed E-state index contributed by atoms with van der Waals surface area (Å²) in [5, 5.41) is 54.8. The molecule has 6 N–H and O–H groups in total. The van der Waals surface area contributed by atoms with Crippen LogP contribution in [0.1, 0.15) is 335 Å². The molecule has 7 atom stereocenters. The average molecular weight is 1270 g/mol. The minimum Gasteiger partial charge on any atom is -0.394 e. The van der Waals surface area contributed by atoms with Crippen LogP contribution in [0, 0.1) is 0 Å². The van der Waals surface area contributed by atoms with Crippen LogP contribution in [0.2, 0.25) is 0 Å². The first-order valence-corrected chi connectivity index (χ1v) is 38.3. The first-order valence-electron chi connectivity index (χ1n) is 38.3. The number of carbonyl (C=O) groups is 1. The Morgan fingerprint density at radius 1 is 0.385 bits per heavy atom. The van der Waals surface area contributed by atoms with Gasteiger partial charge in [0.15, 0.2) is 6.29 Å². The second-order valence-corrected chi connectivity index (χ2v) is 26.1. The largest absolute Gasteiger partial charge is 0.394 e. The number of hydrogen-bond donors (Lipinski definition) is 6. The van der Waals surface area contributed by atoms with Gasteiger partial charge in [0.05, 0.1) is 25.4 Å². The quantitative estimate of drug-likeness (QED) is 0.0261. The Balaban J connectivity index is 2.14. The molecule has 0 bridgehead atoms. The van der Waals surface area contributed by atoms with E-state index in [1.54, 1.807) is 6.08 Å². The summed E-state index contributed by atoms with van der Waals surface area (Å²) in [6, 6.07) is -0.835. The fourth-order valence-corrected chi connectivity index (χ4v) is 11.6. The van der Waals surface area contributed by atoms with Crippen LogP contribution in [0.4, 0.5) is 0 Å². The lowest BCUT2D eigenvalue weighted by Crippen LogP contribution is -2.60. The van der Waals surface area contributed by atoms with Gasteiger partial charge in [-0.3, -0.25) is 4.79 Å². The lowest BCUT2D eigenvalue weighted by molar-refractivity contribution is -0.302. The number of nitrogens with one attached hydrogen (secondary N) is 1. The highest BCUT2D eigenvalue weighted by Gasteiger charge is 2.44. The van der Waals surface area contributed by atoms with Crippen LogP contribution in [0.3, 0.4) is 0 Å². The Kier molecular flexibility index (Phi) is 65.3. The maximum absolute atomic E-state index is 13.2. The normalized spacial score (nSPS) is 18.4. The maximum Gasteiger partial charge on any atom is 0.220 e. The lowest BCUT2D eigenvalue weighted by Gasteiger charge is -2.40. The van der Waals surface area contributed by atoms with Crippen LogP contribution in [-0.2, 0) is 14.3 Å². The summed E-state index contributed by atoms with van der Waals surface area (Å²) in [4.78, 5) is 13.2. The fourth-order valence-electron chi connectivity index (χ4n) is 11.6. The number of hydrogen-bond acceptors (Lipinski definition) is 8. The number of amides is 1. The Morgan fingerprint density at radius 3 is 1.05 bits per heavy atom. The van der Waals surface area contributed by atoms with Crippen molar-refractivity contribution in [1.29, 1.82) is 0 Å². The highest BCUT2D eigenvalue weighted by Crippen LogP contribution is 2.23. The third-order valence-electron chi connectivity index (χ3n) is 17.5. The van der Waals surface area contributed by atoms with Gasteiger partial charge in [0.1, 0.15) is 24.4 Å². The monoisotopic (exact) mass is 1270 g/mol. The zero-order valence-corrected chi connectivity index (χ0v) is 58.8. The first kappa shape index (κ1) is 85.6. The number of aliphatic hydroxyl groups excluding tert-OH is 5. The number of allylic oxidation sites excluding steroid dienone is 19. The van der Waals surface area contributed by atoms with Crippen molar-refractivity contribution in [3.05, 3.63) is 122 Å². The van der Waals surface area contributed by atoms with Gasteiger partial charge in [0.2, 0.25) is 5.91 Å². The molecule has 1 saturated heterocycles. The van der Waals surface area contributed by atoms with Gasteiger partial charge in [-0.2, -0.15) is 0 Å². The van der Waals surface area contributed by atoms with Gasteiger partial charge < -0.3 is 40.3 Å². The van der Waals surface area contributed by atoms with Crippen molar-refractivity contribution in [1.82, 2.24) is 5.32 Å². The van der Waals surface area contributed by atoms with Crippen LogP contribution in [0.15, 0.2) is 122 Å². The Labute approximate surface area is 560 Å². The SMILES string of the molecule is CC/C=C\C/C=C\C/C=C\C/C=C\C/C=C\C/C=C\C/C=C\C/C=C\CCCCCCCCCCCCC(=O)NC(COC1OC(CO)C(O)C(O)C1O)C(O)/C=C/CC/C=C/CCCCCCCCCCCCCCCCCCCCCCCCCCCCC. The van der Waals surface area contributed by atoms with E-state index in [1.165, 1.54) is 212 Å². The number of rotatable bonds is 66. The summed E-state index contributed by atoms with van der Waals surface area (Å²) in [6.45, 7) is 3.68. The number of carbonyl (C=O) groups excluding carboxylic acids is 1. The first-order chi connectivity index (χ1) is 44.8. The molecule has 1 heterocycles. The van der Waals surface area contributed by atoms with Gasteiger partial charge in [0, 0.05) is 6.42 Å². The van der Waals surface area contributed by atoms with Gasteiger partial charge in [-0.05, 0) is 96.3 Å². The van der Waals surface area contributed by atoms with Gasteiger partial charge in [-0.25, -0.2) is 0 Å². The molecule has 0 saturated carbocycles. The molecular formula is C82H143NO8. The number of unbranched alkanes of at least 4 members (excludes halogenated alkanes) is 38. The number of aliphatic hydroxyl groups is 5. The van der Waals surface area contributed by atoms with Crippen molar-refractivity contribution in [3.8, 4) is 0 Å². The molecule has 1 rings (SSSR count). The molecule has 1 fully saturated rings. The van der Waals surface area contributed by atoms with Crippen molar-refractivity contribution in [2.45, 2.75) is 378 Å². The van der Waals surface area contributed by atoms with E-state index in [0.717, 1.165) is 103 Å². The second-order valence-electron chi connectivity index (χ2n) is 26.1. The molecule has 1 amide bonds. The topological polar surface area (TPSA) is 149 Å². The highest BCUT2D eigenvalue weighted by atomic mass is 16.7. The molecule has 91 heavy (non-hydrogen) atoms. The minimum absolute atomic E-state index is 0.192. The van der Waals surface area contributed by atoms with Gasteiger partial charge in [0.25, 0.3) is 0 Å². The molecule has 524 valence electrons. The van der Waals surface area contributed by atoms with Crippen molar-refractivity contribution >= 4 is 5.91 Å². The molecule has 0 aromatic heterocycles. The minimum atomic E-state index is -1.58. The van der Waals surface area contributed by atoms with Crippen molar-refractivity contribution in [2.24, 2.45) is 0 Å². The van der Waals surface area contributed by atoms with Crippen molar-refractivity contribution in [3.63, 3.8) is 0 Å². The molecule has 0 aromatic rings. The average Bonchev–Trinajstić information content (AvgIpc) is 1.58. The van der Waals surface area contributed by atoms with E-state index in [2.05, 4.69) is 129 Å². The predicted octanol–water partition coefficient (Wildman–Crippen LogP) is 21.8. The summed E-state index contributed by atoms with van der Waals surface area (Å²) >= 11 is 0. The Bertz CT molecular complexity index is 1860. The van der Waals surface area contributed by atoms with E-state index in [9.17, 15) is 30.3 Å². The van der Waals surface area contributed by atoms with E-state index < -0.39 is 49.5 Å². The molecule has 7 unspecified atom stereocenters. The zero-order chi connectivity index (χ0) is 65.7. The van der Waals surface area contributed by atoms with Gasteiger partial charge >= 0.3 is 0 Å². The smallest absolute Gasteiger partial charge is 0.220 e. The van der Waals surface area contributed by atoms with Crippen LogP contribution in [-0.4, -0.2) is 87.5 Å². The van der Waals surface area contributed by atoms with Crippen molar-refractivity contribution in [2.75, 3.05) is 13.2 Å². The molecular weight excluding hydrogens is 1130 g/mol. The van der Waals surface area contributed by atoms with Crippen LogP contribution in [0.25, 0.3) is 0 Å². The van der Waals surface area contributed by atoms with E-state index in [-0.39, 0.29) is 12.5 Å². The molecule has 1 aliphatic heterocycles. The molecule has 1 aliphatic rings. The lowest BCUT2D eigenvalue weighted by atomic mass is 9.99. The van der Waals surface area contributed by atoms with E-state index in [0.29, 0.717) is 6.42 Å². The second kappa shape index (κ2) is 69.4. The Hall–Kier alpha value is -3.41. The van der Waals surface area contributed by atoms with Gasteiger partial charge in [-0.1, -0.05) is 354 Å². The van der Waals surface area contributed by atoms with Crippen molar-refractivity contribution < 1.29 is 39.8 Å². The molecule has 9 heteroatoms. The molecule has 0 aromatic carbocycles. The molecule has 9 nitrogen and oxygen atoms in total. The fraction of sp³-hybridized carbons (Fsp3) is 0.744. The third-order valence-corrected chi connectivity index (χ3v) is 17.5. The standard InChI is InChI=1S/C82H143NO8/c1-3-5-7-9-11-13-15-17-19-21-23-25-27-29-31-33-35-37-38-40-42-44-46-48-50-52-54-56-58-60-62-64-66-68-70-72-78(86)83-75(74-90-82-81(89)80(88)79(87)77(73-84)91-82)76(85)71-69-67-65-63-61-59-57-55-53-51-49-47-45-43-41-39-36-34-32-30-28-26-24-22-20-18-16-14-12-10-8-6-4-2/h5,7,11,13,17,19,23,25,29,31,35,37,40,42,46,48,61,63,69,71,75-77,79-82,84-85,87-89H,3-4,6,8-10,12,14-16,18,20-22,24,26-28,30,32-34,36,38-39,41,43-45,47,49-60,62,64-68,70,72-74H2,1-2H3,(H,83,86)/b7-5-,13-11-,19-17-,25-23-,31-29-,37-35-,42-40-,48-46-,63-61+,71-69+. The Morgan fingerprint density at radius 2 is 0.692 bits per heavy atom. The van der Waals surface area contributed by atoms with E-state index in [4.69, 9.17) is 9.47 Å². The van der Waals surface area contributed by atoms with Crippen LogP contribution >= 0.6 is 0 Å². The van der Waals surface area contributed by atoms with E-state index in [1.807, 2.05) is 6.08 Å². The summed E-state index contributed by atoms with van der Waals surface area (Å²) in [5.41, 5.74) is 0. The molecule has 0 spiro atoms. The predicted molar refractivity (Wildman–Crippen MR) is 391 cm³/mol. The summed E-state index contributed by atoms with van der Waals surface area (Å²) in [5.74, 6) is -0.192.